The van der Waals surface area contributed by atoms with Crippen molar-refractivity contribution in [3.8, 4) is 11.5 Å². The third-order valence-electron chi connectivity index (χ3n) is 13.5. The van der Waals surface area contributed by atoms with E-state index in [1.807, 2.05) is 78.9 Å². The molecule has 5 aromatic carbocycles. The number of carbonyl (C=O) groups excluding carboxylic acids is 2. The number of unbranched alkanes of at least 4 members (excludes halogenated alkanes) is 2. The maximum Gasteiger partial charge on any atom is 0.412 e. The average molecular weight is 923 g/mol. The van der Waals surface area contributed by atoms with Crippen LogP contribution in [-0.4, -0.2) is 76.4 Å². The fraction of sp³-hybridized carbons (Fsp3) is 0.352. The molecular weight excluding hydrogens is 865 g/mol. The van der Waals surface area contributed by atoms with Crippen LogP contribution >= 0.6 is 0 Å². The molecule has 14 nitrogen and oxygen atoms in total. The summed E-state index contributed by atoms with van der Waals surface area (Å²) in [6, 6.07) is 33.7. The number of nitrogens with one attached hydrogen (secondary N) is 1. The molecule has 0 radical (unpaired) electrons. The van der Waals surface area contributed by atoms with E-state index in [2.05, 4.69) is 18.0 Å². The zero-order valence-corrected chi connectivity index (χ0v) is 38.2. The minimum atomic E-state index is -1.50. The normalized spacial score (nSPS) is 22.0. The molecule has 3 aliphatic rings. The first kappa shape index (κ1) is 47.6. The standard InChI is InChI=1S/C54H58N4O10/c1-3-29-65-54-49(57(2)52(61)41-22-21-38-15-7-8-16-39(38)30-41)33-47(56-66-35-37-19-23-42(24-20-37)58(63)64)45-31-40(17-9-11-27-59)44(18-10-12-28-60)50(51(45)54)46-32-43(25-26-48(46)68-54)67-53(62)55-34-36-13-5-4-6-14-36/h3-8,13-16,19-26,30-32,40,44,49-51,59-60H,1,9-12,17-18,27-29,33-35H2,2H3,(H,55,62). The number of aliphatic hydroxyl groups is 2. The van der Waals surface area contributed by atoms with Crippen molar-refractivity contribution >= 4 is 34.2 Å². The molecule has 1 aliphatic heterocycles. The number of hydrogen-bond acceptors (Lipinski definition) is 11. The molecule has 0 saturated heterocycles. The molecule has 68 heavy (non-hydrogen) atoms. The second-order valence-corrected chi connectivity index (χ2v) is 17.7. The van der Waals surface area contributed by atoms with Crippen molar-refractivity contribution in [1.29, 1.82) is 0 Å². The van der Waals surface area contributed by atoms with Gasteiger partial charge in [0.05, 0.1) is 23.2 Å². The highest BCUT2D eigenvalue weighted by molar-refractivity contribution is 6.04. The highest BCUT2D eigenvalue weighted by atomic mass is 16.7. The van der Waals surface area contributed by atoms with Crippen LogP contribution in [0.3, 0.4) is 0 Å². The number of allylic oxidation sites excluding steroid dienone is 1. The Labute approximate surface area is 396 Å². The number of nitrogens with zero attached hydrogens (tertiary/aromatic N) is 3. The predicted molar refractivity (Wildman–Crippen MR) is 258 cm³/mol. The second kappa shape index (κ2) is 21.8. The molecule has 1 fully saturated rings. The molecule has 0 bridgehead atoms. The Hall–Kier alpha value is -6.87. The van der Waals surface area contributed by atoms with Gasteiger partial charge in [0.1, 0.15) is 24.1 Å². The maximum atomic E-state index is 14.9. The lowest BCUT2D eigenvalue weighted by Crippen LogP contribution is -2.69. The van der Waals surface area contributed by atoms with E-state index in [0.717, 1.165) is 46.7 Å². The van der Waals surface area contributed by atoms with Gasteiger partial charge >= 0.3 is 6.09 Å². The highest BCUT2D eigenvalue weighted by Crippen LogP contribution is 2.62. The number of carbonyl (C=O) groups is 2. The van der Waals surface area contributed by atoms with Gasteiger partial charge in [-0.1, -0.05) is 90.8 Å². The van der Waals surface area contributed by atoms with E-state index in [1.165, 1.54) is 12.1 Å². The lowest BCUT2D eigenvalue weighted by molar-refractivity contribution is -0.384. The summed E-state index contributed by atoms with van der Waals surface area (Å²) in [5.74, 6) is -1.98. The number of rotatable bonds is 20. The molecule has 2 aliphatic carbocycles. The Bertz CT molecular complexity index is 2650. The largest absolute Gasteiger partial charge is 0.459 e. The third kappa shape index (κ3) is 10.3. The first-order valence-electron chi connectivity index (χ1n) is 23.3. The van der Waals surface area contributed by atoms with E-state index in [1.54, 1.807) is 42.3 Å². The minimum Gasteiger partial charge on any atom is -0.459 e. The topological polar surface area (TPSA) is 182 Å². The van der Waals surface area contributed by atoms with Crippen molar-refractivity contribution in [2.24, 2.45) is 22.9 Å². The molecule has 1 heterocycles. The van der Waals surface area contributed by atoms with E-state index in [0.29, 0.717) is 47.6 Å². The number of likely N-dealkylation sites (N-methyl/N-ethyl adjacent to an activating group) is 1. The van der Waals surface area contributed by atoms with Crippen LogP contribution in [0.2, 0.25) is 0 Å². The summed E-state index contributed by atoms with van der Waals surface area (Å²) in [5.41, 5.74) is 4.25. The first-order chi connectivity index (χ1) is 33.1. The zero-order valence-electron chi connectivity index (χ0n) is 38.2. The Kier molecular flexibility index (Phi) is 15.3. The lowest BCUT2D eigenvalue weighted by atomic mass is 9.55. The molecule has 3 N–H and O–H groups in total. The van der Waals surface area contributed by atoms with Crippen LogP contribution in [0.15, 0.2) is 145 Å². The van der Waals surface area contributed by atoms with Crippen molar-refractivity contribution in [3.63, 3.8) is 0 Å². The van der Waals surface area contributed by atoms with Crippen molar-refractivity contribution < 1.29 is 43.8 Å². The number of oxime groups is 1. The number of fused-ring (bicyclic) bond motifs is 3. The number of hydrogen-bond donors (Lipinski definition) is 3. The molecule has 0 aromatic heterocycles. The third-order valence-corrected chi connectivity index (χ3v) is 13.5. The molecule has 0 spiro atoms. The van der Waals surface area contributed by atoms with E-state index in [4.69, 9.17) is 24.2 Å². The van der Waals surface area contributed by atoms with Gasteiger partial charge in [-0.15, -0.1) is 6.58 Å². The summed E-state index contributed by atoms with van der Waals surface area (Å²) in [6.45, 7) is 4.48. The van der Waals surface area contributed by atoms with Crippen molar-refractivity contribution in [2.75, 3.05) is 26.9 Å². The predicted octanol–water partition coefficient (Wildman–Crippen LogP) is 9.64. The fourth-order valence-electron chi connectivity index (χ4n) is 10.3. The van der Waals surface area contributed by atoms with Gasteiger partial charge in [-0.3, -0.25) is 14.9 Å². The van der Waals surface area contributed by atoms with Crippen molar-refractivity contribution in [3.05, 3.63) is 172 Å². The highest BCUT2D eigenvalue weighted by Gasteiger charge is 2.65. The monoisotopic (exact) mass is 922 g/mol. The van der Waals surface area contributed by atoms with Crippen molar-refractivity contribution in [1.82, 2.24) is 10.2 Å². The average Bonchev–Trinajstić information content (AvgIpc) is 3.36. The minimum absolute atomic E-state index is 0.0214. The number of benzene rings is 5. The Morgan fingerprint density at radius 1 is 0.912 bits per heavy atom. The number of nitro benzene ring substituents is 1. The van der Waals surface area contributed by atoms with Crippen molar-refractivity contribution in [2.45, 2.75) is 75.8 Å². The van der Waals surface area contributed by atoms with Gasteiger partial charge in [0.15, 0.2) is 0 Å². The van der Waals surface area contributed by atoms with E-state index >= 15 is 0 Å². The van der Waals surface area contributed by atoms with Crippen LogP contribution in [0.4, 0.5) is 10.5 Å². The second-order valence-electron chi connectivity index (χ2n) is 17.7. The van der Waals surface area contributed by atoms with Gasteiger partial charge in [0.2, 0.25) is 5.79 Å². The zero-order chi connectivity index (χ0) is 47.6. The van der Waals surface area contributed by atoms with Crippen LogP contribution in [-0.2, 0) is 22.7 Å². The number of nitro groups is 1. The van der Waals surface area contributed by atoms with Crippen LogP contribution in [0.25, 0.3) is 10.8 Å². The van der Waals surface area contributed by atoms with E-state index < -0.39 is 28.8 Å². The van der Waals surface area contributed by atoms with Crippen LogP contribution < -0.4 is 14.8 Å². The van der Waals surface area contributed by atoms with Crippen LogP contribution in [0.5, 0.6) is 11.5 Å². The summed E-state index contributed by atoms with van der Waals surface area (Å²) in [7, 11) is 1.75. The Morgan fingerprint density at radius 3 is 2.38 bits per heavy atom. The van der Waals surface area contributed by atoms with Gasteiger partial charge < -0.3 is 39.5 Å². The first-order valence-corrected chi connectivity index (χ1v) is 23.3. The molecular formula is C54H58N4O10. The van der Waals surface area contributed by atoms with E-state index in [-0.39, 0.29) is 68.7 Å². The molecule has 14 heteroatoms. The summed E-state index contributed by atoms with van der Waals surface area (Å²) in [4.78, 5) is 47.0. The number of non-ortho nitro benzene ring substituents is 1. The molecule has 2 amide bonds. The smallest absolute Gasteiger partial charge is 0.412 e. The maximum absolute atomic E-state index is 14.9. The SMILES string of the molecule is C=CCOC12Oc3ccc(OC(=O)NCc4ccccc4)cc3C3C(CCCCO)C(CCCCO)C=C(C(=NOCc4ccc([N+](=O)[O-])cc4)CC1N(C)C(=O)c1ccc4ccccc4c1)C32. The summed E-state index contributed by atoms with van der Waals surface area (Å²) < 4.78 is 20.3. The van der Waals surface area contributed by atoms with Crippen LogP contribution in [0.1, 0.15) is 77.9 Å². The van der Waals surface area contributed by atoms with Gasteiger partial charge in [-0.05, 0) is 107 Å². The molecule has 6 atom stereocenters. The molecule has 6 unspecified atom stereocenters. The number of ether oxygens (including phenoxy) is 3. The van der Waals surface area contributed by atoms with Gasteiger partial charge in [-0.25, -0.2) is 4.79 Å². The van der Waals surface area contributed by atoms with Gasteiger partial charge in [0.25, 0.3) is 11.6 Å². The Balaban J connectivity index is 1.26. The molecule has 8 rings (SSSR count). The summed E-state index contributed by atoms with van der Waals surface area (Å²) >= 11 is 0. The van der Waals surface area contributed by atoms with Gasteiger partial charge in [-0.2, -0.15) is 0 Å². The van der Waals surface area contributed by atoms with Crippen LogP contribution in [0, 0.1) is 27.9 Å². The molecule has 5 aromatic rings. The fourth-order valence-corrected chi connectivity index (χ4v) is 10.3. The van der Waals surface area contributed by atoms with E-state index in [9.17, 15) is 29.9 Å². The summed E-state index contributed by atoms with van der Waals surface area (Å²) in [6.07, 6.45) is 7.59. The lowest BCUT2D eigenvalue weighted by Gasteiger charge is -2.59. The quantitative estimate of drug-likeness (QED) is 0.0294. The number of amides is 2. The summed E-state index contributed by atoms with van der Waals surface area (Å²) in [5, 5.41) is 41.0. The number of aliphatic hydroxyl groups excluding tert-OH is 2. The van der Waals surface area contributed by atoms with Gasteiger partial charge in [0, 0.05) is 62.4 Å². The molecule has 354 valence electrons. The Morgan fingerprint density at radius 2 is 1.65 bits per heavy atom. The molecule has 1 saturated carbocycles.